The first-order valence-electron chi connectivity index (χ1n) is 17.1. The van der Waals surface area contributed by atoms with Crippen LogP contribution in [-0.4, -0.2) is 54.3 Å². The molecule has 0 saturated heterocycles. The summed E-state index contributed by atoms with van der Waals surface area (Å²) in [6, 6.07) is 23.3. The zero-order chi connectivity index (χ0) is 35.8. The maximum absolute atomic E-state index is 12.9. The van der Waals surface area contributed by atoms with Crippen molar-refractivity contribution < 1.29 is 33.8 Å². The predicted octanol–water partition coefficient (Wildman–Crippen LogP) is 7.09. The van der Waals surface area contributed by atoms with E-state index in [1.54, 1.807) is 24.3 Å². The fraction of sp³-hybridized carbons (Fsp3) is 0.375. The minimum absolute atomic E-state index is 0.00485. The topological polar surface area (TPSA) is 143 Å². The van der Waals surface area contributed by atoms with E-state index in [9.17, 15) is 24.3 Å². The lowest BCUT2D eigenvalue weighted by Gasteiger charge is -2.30. The van der Waals surface area contributed by atoms with Gasteiger partial charge in [0.05, 0.1) is 23.4 Å². The number of nitrogens with zero attached hydrogens (tertiary/aromatic N) is 1. The van der Waals surface area contributed by atoms with E-state index in [0.717, 1.165) is 27.8 Å². The Hall–Kier alpha value is -5.25. The molecule has 0 spiro atoms. The van der Waals surface area contributed by atoms with Crippen LogP contribution in [0.15, 0.2) is 89.1 Å². The van der Waals surface area contributed by atoms with Gasteiger partial charge in [-0.25, -0.2) is 4.79 Å². The van der Waals surface area contributed by atoms with Crippen molar-refractivity contribution in [3.8, 4) is 11.1 Å². The highest BCUT2D eigenvalue weighted by Crippen LogP contribution is 2.44. The Morgan fingerprint density at radius 3 is 2.10 bits per heavy atom. The number of allylic oxidation sites excluding steroid dienone is 2. The molecule has 0 heterocycles. The van der Waals surface area contributed by atoms with Gasteiger partial charge in [-0.2, -0.15) is 0 Å². The number of Topliss-reactive ketones (excluding diaryl/α,β-unsaturated/α-hetero) is 1. The van der Waals surface area contributed by atoms with E-state index in [2.05, 4.69) is 22.8 Å². The number of hydrogen-bond acceptors (Lipinski definition) is 8. The van der Waals surface area contributed by atoms with E-state index in [1.165, 1.54) is 0 Å². The van der Waals surface area contributed by atoms with Gasteiger partial charge in [0.2, 0.25) is 5.91 Å². The Morgan fingerprint density at radius 1 is 0.860 bits per heavy atom. The van der Waals surface area contributed by atoms with Gasteiger partial charge in [-0.1, -0.05) is 88.4 Å². The first kappa shape index (κ1) is 36.0. The number of rotatable bonds is 13. The van der Waals surface area contributed by atoms with Crippen LogP contribution in [0.25, 0.3) is 11.1 Å². The lowest BCUT2D eigenvalue weighted by atomic mass is 9.74. The molecule has 3 aromatic carbocycles. The molecule has 2 amide bonds. The predicted molar refractivity (Wildman–Crippen MR) is 191 cm³/mol. The molecule has 0 radical (unpaired) electrons. The summed E-state index contributed by atoms with van der Waals surface area (Å²) in [5.41, 5.74) is 6.50. The van der Waals surface area contributed by atoms with Gasteiger partial charge in [0, 0.05) is 38.3 Å². The quantitative estimate of drug-likeness (QED) is 0.129. The summed E-state index contributed by atoms with van der Waals surface area (Å²) >= 11 is 0. The number of benzene rings is 3. The third-order valence-corrected chi connectivity index (χ3v) is 8.86. The fourth-order valence-corrected chi connectivity index (χ4v) is 6.41. The highest BCUT2D eigenvalue weighted by atomic mass is 16.5. The first-order valence-corrected chi connectivity index (χ1v) is 17.1. The van der Waals surface area contributed by atoms with Crippen LogP contribution in [0.3, 0.4) is 0 Å². The van der Waals surface area contributed by atoms with Crippen molar-refractivity contribution in [1.29, 1.82) is 0 Å². The number of ketones is 1. The van der Waals surface area contributed by atoms with Crippen LogP contribution < -0.4 is 10.6 Å². The third-order valence-electron chi connectivity index (χ3n) is 8.86. The highest BCUT2D eigenvalue weighted by Gasteiger charge is 2.36. The van der Waals surface area contributed by atoms with E-state index in [4.69, 9.17) is 14.5 Å². The average molecular weight is 680 g/mol. The Balaban J connectivity index is 0.990. The molecule has 0 aromatic heterocycles. The maximum atomic E-state index is 12.9. The maximum Gasteiger partial charge on any atom is 0.407 e. The van der Waals surface area contributed by atoms with Crippen LogP contribution in [-0.2, 0) is 30.5 Å². The molecule has 0 bridgehead atoms. The summed E-state index contributed by atoms with van der Waals surface area (Å²) in [5.74, 6) is -0.909. The molecule has 3 aromatic rings. The minimum atomic E-state index is -0.594. The summed E-state index contributed by atoms with van der Waals surface area (Å²) in [5, 5.41) is 16.0. The molecule has 0 unspecified atom stereocenters. The number of hydrogen-bond donors (Lipinski definition) is 3. The van der Waals surface area contributed by atoms with Crippen LogP contribution in [0.1, 0.15) is 76.0 Å². The van der Waals surface area contributed by atoms with Crippen molar-refractivity contribution >= 4 is 35.2 Å². The smallest absolute Gasteiger partial charge is 0.407 e. The van der Waals surface area contributed by atoms with Gasteiger partial charge < -0.3 is 25.2 Å². The number of carbonyl (C=O) groups is 4. The van der Waals surface area contributed by atoms with Crippen LogP contribution >= 0.6 is 0 Å². The molecule has 5 rings (SSSR count). The summed E-state index contributed by atoms with van der Waals surface area (Å²) < 4.78 is 10.8. The lowest BCUT2D eigenvalue weighted by molar-refractivity contribution is -0.144. The van der Waals surface area contributed by atoms with Gasteiger partial charge in [-0.05, 0) is 51.3 Å². The number of aliphatic hydroxyl groups is 1. The fourth-order valence-electron chi connectivity index (χ4n) is 6.41. The summed E-state index contributed by atoms with van der Waals surface area (Å²) in [6.45, 7) is 8.24. The summed E-state index contributed by atoms with van der Waals surface area (Å²) in [4.78, 5) is 54.4. The van der Waals surface area contributed by atoms with E-state index >= 15 is 0 Å². The van der Waals surface area contributed by atoms with Crippen LogP contribution in [0, 0.1) is 11.3 Å². The van der Waals surface area contributed by atoms with Crippen LogP contribution in [0.2, 0.25) is 0 Å². The molecule has 50 heavy (non-hydrogen) atoms. The number of ether oxygens (including phenoxy) is 2. The van der Waals surface area contributed by atoms with Crippen molar-refractivity contribution in [1.82, 2.24) is 10.6 Å². The molecular weight excluding hydrogens is 634 g/mol. The van der Waals surface area contributed by atoms with Crippen molar-refractivity contribution in [3.05, 3.63) is 101 Å². The molecule has 10 nitrogen and oxygen atoms in total. The van der Waals surface area contributed by atoms with Crippen molar-refractivity contribution in [2.45, 2.75) is 65.9 Å². The second kappa shape index (κ2) is 16.0. The minimum Gasteiger partial charge on any atom is -0.511 e. The summed E-state index contributed by atoms with van der Waals surface area (Å²) in [6.07, 6.45) is 0.218. The average Bonchev–Trinajstić information content (AvgIpc) is 3.39. The van der Waals surface area contributed by atoms with E-state index in [0.29, 0.717) is 29.8 Å². The van der Waals surface area contributed by atoms with Crippen LogP contribution in [0.4, 0.5) is 10.5 Å². The zero-order valence-corrected chi connectivity index (χ0v) is 29.1. The normalized spacial score (nSPS) is 15.4. The third kappa shape index (κ3) is 9.05. The molecule has 0 saturated carbocycles. The Morgan fingerprint density at radius 2 is 1.48 bits per heavy atom. The number of alkyl carbamates (subject to hydrolysis) is 1. The lowest BCUT2D eigenvalue weighted by Crippen LogP contribution is -2.32. The number of amides is 2. The van der Waals surface area contributed by atoms with Gasteiger partial charge in [0.25, 0.3) is 0 Å². The molecule has 10 heteroatoms. The molecule has 0 fully saturated rings. The number of aliphatic hydroxyl groups excluding tert-OH is 1. The first-order chi connectivity index (χ1) is 23.9. The molecule has 2 aliphatic carbocycles. The number of esters is 1. The SMILES string of the molecule is CC(C)C(=Nc1ccc(COC(=O)CCNC(=O)CCNC(=O)OCC2c3ccccc3-c3ccccc32)cc1)C1=C(O)CC(C)(C)CC1=O. The zero-order valence-electron chi connectivity index (χ0n) is 29.1. The number of carbonyl (C=O) groups excluding carboxylic acids is 4. The monoisotopic (exact) mass is 679 g/mol. The van der Waals surface area contributed by atoms with Gasteiger partial charge in [-0.3, -0.25) is 19.4 Å². The molecule has 0 atom stereocenters. The standard InChI is InChI=1S/C40H45N3O7/c1-25(2)38(37-33(44)21-40(3,4)22-34(37)45)43-27-15-13-26(14-16-27)23-49-36(47)18-20-41-35(46)17-19-42-39(48)50-24-32-30-11-7-5-9-28(30)29-10-6-8-12-31(29)32/h5-16,25,32,44H,17-24H2,1-4H3,(H,41,46)(H,42,48). The second-order valence-electron chi connectivity index (χ2n) is 13.8. The van der Waals surface area contributed by atoms with Crippen molar-refractivity contribution in [2.75, 3.05) is 19.7 Å². The van der Waals surface area contributed by atoms with E-state index in [1.807, 2.05) is 64.1 Å². The van der Waals surface area contributed by atoms with Gasteiger partial charge in [-0.15, -0.1) is 0 Å². The molecule has 0 aliphatic heterocycles. The van der Waals surface area contributed by atoms with Gasteiger partial charge in [0.1, 0.15) is 19.0 Å². The highest BCUT2D eigenvalue weighted by molar-refractivity contribution is 6.24. The number of aliphatic imine (C=N–C) groups is 1. The van der Waals surface area contributed by atoms with Crippen molar-refractivity contribution in [2.24, 2.45) is 16.3 Å². The summed E-state index contributed by atoms with van der Waals surface area (Å²) in [7, 11) is 0. The van der Waals surface area contributed by atoms with E-state index < -0.39 is 12.1 Å². The Bertz CT molecular complexity index is 1760. The molecule has 2 aliphatic rings. The number of fused-ring (bicyclic) bond motifs is 3. The number of nitrogens with one attached hydrogen (secondary N) is 2. The molecule has 262 valence electrons. The Kier molecular flexibility index (Phi) is 11.5. The Labute approximate surface area is 293 Å². The van der Waals surface area contributed by atoms with Crippen LogP contribution in [0.5, 0.6) is 0 Å². The molecular formula is C40H45N3O7. The van der Waals surface area contributed by atoms with Gasteiger partial charge in [0.15, 0.2) is 5.78 Å². The van der Waals surface area contributed by atoms with E-state index in [-0.39, 0.29) is 73.8 Å². The molecule has 3 N–H and O–H groups in total. The largest absolute Gasteiger partial charge is 0.511 e. The second-order valence-corrected chi connectivity index (χ2v) is 13.8. The van der Waals surface area contributed by atoms with Crippen molar-refractivity contribution in [3.63, 3.8) is 0 Å². The van der Waals surface area contributed by atoms with Gasteiger partial charge >= 0.3 is 12.1 Å².